The molecule has 0 spiro atoms. The van der Waals surface area contributed by atoms with E-state index in [4.69, 9.17) is 12.2 Å². The van der Waals surface area contributed by atoms with Gasteiger partial charge in [0.15, 0.2) is 5.11 Å². The third-order valence-electron chi connectivity index (χ3n) is 2.72. The molecule has 0 unspecified atom stereocenters. The molecule has 114 valence electrons. The summed E-state index contributed by atoms with van der Waals surface area (Å²) in [5.41, 5.74) is 1.42. The van der Waals surface area contributed by atoms with Crippen LogP contribution in [0, 0.1) is 0 Å². The Labute approximate surface area is 137 Å². The van der Waals surface area contributed by atoms with Gasteiger partial charge in [-0.05, 0) is 47.9 Å². The zero-order valence-corrected chi connectivity index (χ0v) is 13.5. The van der Waals surface area contributed by atoms with Gasteiger partial charge >= 0.3 is 0 Å². The SMILES string of the molecule is CCC(=O)NC(=S)Nc1ccc(NC(=O)c2cccs2)cc1. The first kappa shape index (κ1) is 16.1. The second-order valence-corrected chi connectivity index (χ2v) is 5.72. The molecule has 0 saturated carbocycles. The average molecular weight is 333 g/mol. The van der Waals surface area contributed by atoms with Gasteiger partial charge in [0.25, 0.3) is 5.91 Å². The fraction of sp³-hybridized carbons (Fsp3) is 0.133. The number of rotatable bonds is 4. The number of carbonyl (C=O) groups is 2. The number of hydrogen-bond donors (Lipinski definition) is 3. The minimum Gasteiger partial charge on any atom is -0.332 e. The smallest absolute Gasteiger partial charge is 0.265 e. The monoisotopic (exact) mass is 333 g/mol. The first-order valence-electron chi connectivity index (χ1n) is 6.64. The first-order chi connectivity index (χ1) is 10.6. The highest BCUT2D eigenvalue weighted by Gasteiger charge is 2.07. The molecule has 2 rings (SSSR count). The van der Waals surface area contributed by atoms with E-state index in [1.165, 1.54) is 11.3 Å². The molecule has 0 aliphatic carbocycles. The van der Waals surface area contributed by atoms with E-state index in [1.807, 2.05) is 11.4 Å². The van der Waals surface area contributed by atoms with E-state index < -0.39 is 0 Å². The summed E-state index contributed by atoms with van der Waals surface area (Å²) >= 11 is 6.41. The number of thiophene rings is 1. The molecule has 3 N–H and O–H groups in total. The maximum Gasteiger partial charge on any atom is 0.265 e. The Morgan fingerprint density at radius 3 is 2.27 bits per heavy atom. The van der Waals surface area contributed by atoms with Crippen LogP contribution in [0.4, 0.5) is 11.4 Å². The number of benzene rings is 1. The summed E-state index contributed by atoms with van der Waals surface area (Å²) in [5.74, 6) is -0.279. The van der Waals surface area contributed by atoms with Crippen molar-refractivity contribution in [3.05, 3.63) is 46.7 Å². The van der Waals surface area contributed by atoms with Gasteiger partial charge in [0.2, 0.25) is 5.91 Å². The van der Waals surface area contributed by atoms with Crippen molar-refractivity contribution in [3.63, 3.8) is 0 Å². The van der Waals surface area contributed by atoms with E-state index in [0.29, 0.717) is 17.0 Å². The fourth-order valence-corrected chi connectivity index (χ4v) is 2.47. The van der Waals surface area contributed by atoms with Gasteiger partial charge in [-0.1, -0.05) is 13.0 Å². The van der Waals surface area contributed by atoms with Crippen molar-refractivity contribution in [2.75, 3.05) is 10.6 Å². The Morgan fingerprint density at radius 1 is 1.09 bits per heavy atom. The van der Waals surface area contributed by atoms with Crippen molar-refractivity contribution in [2.24, 2.45) is 0 Å². The Balaban J connectivity index is 1.91. The lowest BCUT2D eigenvalue weighted by atomic mass is 10.2. The lowest BCUT2D eigenvalue weighted by molar-refractivity contribution is -0.119. The second kappa shape index (κ2) is 7.67. The van der Waals surface area contributed by atoms with Crippen molar-refractivity contribution in [3.8, 4) is 0 Å². The Morgan fingerprint density at radius 2 is 1.73 bits per heavy atom. The number of nitrogens with one attached hydrogen (secondary N) is 3. The van der Waals surface area contributed by atoms with Gasteiger partial charge < -0.3 is 16.0 Å². The van der Waals surface area contributed by atoms with Gasteiger partial charge in [-0.25, -0.2) is 0 Å². The minimum absolute atomic E-state index is 0.138. The lowest BCUT2D eigenvalue weighted by Crippen LogP contribution is -2.33. The van der Waals surface area contributed by atoms with E-state index in [1.54, 1.807) is 37.3 Å². The zero-order chi connectivity index (χ0) is 15.9. The molecular weight excluding hydrogens is 318 g/mol. The van der Waals surface area contributed by atoms with Gasteiger partial charge in [-0.2, -0.15) is 0 Å². The molecule has 0 saturated heterocycles. The zero-order valence-electron chi connectivity index (χ0n) is 11.9. The second-order valence-electron chi connectivity index (χ2n) is 4.36. The maximum atomic E-state index is 11.9. The number of carbonyl (C=O) groups excluding carboxylic acids is 2. The molecule has 2 amide bonds. The Hall–Kier alpha value is -2.25. The fourth-order valence-electron chi connectivity index (χ4n) is 1.61. The van der Waals surface area contributed by atoms with Crippen LogP contribution in [0.25, 0.3) is 0 Å². The van der Waals surface area contributed by atoms with Crippen molar-refractivity contribution < 1.29 is 9.59 Å². The molecule has 7 heteroatoms. The quantitative estimate of drug-likeness (QED) is 0.751. The third-order valence-corrected chi connectivity index (χ3v) is 3.79. The van der Waals surface area contributed by atoms with Crippen molar-refractivity contribution >= 4 is 51.9 Å². The van der Waals surface area contributed by atoms with E-state index in [9.17, 15) is 9.59 Å². The summed E-state index contributed by atoms with van der Waals surface area (Å²) in [5, 5.41) is 10.4. The topological polar surface area (TPSA) is 70.2 Å². The van der Waals surface area contributed by atoms with Crippen molar-refractivity contribution in [2.45, 2.75) is 13.3 Å². The van der Waals surface area contributed by atoms with Crippen molar-refractivity contribution in [1.82, 2.24) is 5.32 Å². The lowest BCUT2D eigenvalue weighted by Gasteiger charge is -2.10. The van der Waals surface area contributed by atoms with Gasteiger partial charge in [-0.15, -0.1) is 11.3 Å². The number of anilines is 2. The molecule has 1 aromatic heterocycles. The molecule has 2 aromatic rings. The highest BCUT2D eigenvalue weighted by Crippen LogP contribution is 2.16. The number of hydrogen-bond acceptors (Lipinski definition) is 4. The Bertz CT molecular complexity index is 667. The Kier molecular flexibility index (Phi) is 5.62. The molecule has 0 aliphatic heterocycles. The van der Waals surface area contributed by atoms with Crippen LogP contribution in [0.15, 0.2) is 41.8 Å². The van der Waals surface area contributed by atoms with E-state index in [2.05, 4.69) is 16.0 Å². The maximum absolute atomic E-state index is 11.9. The summed E-state index contributed by atoms with van der Waals surface area (Å²) in [6, 6.07) is 10.7. The summed E-state index contributed by atoms with van der Waals surface area (Å²) in [6.07, 6.45) is 0.371. The van der Waals surface area contributed by atoms with Gasteiger partial charge in [0.05, 0.1) is 4.88 Å². The van der Waals surface area contributed by atoms with Gasteiger partial charge in [-0.3, -0.25) is 9.59 Å². The van der Waals surface area contributed by atoms with Gasteiger partial charge in [0.1, 0.15) is 0 Å². The molecule has 0 aliphatic rings. The van der Waals surface area contributed by atoms with Crippen LogP contribution in [0.3, 0.4) is 0 Å². The van der Waals surface area contributed by atoms with Gasteiger partial charge in [0, 0.05) is 17.8 Å². The van der Waals surface area contributed by atoms with E-state index in [-0.39, 0.29) is 16.9 Å². The summed E-state index contributed by atoms with van der Waals surface area (Å²) < 4.78 is 0. The van der Waals surface area contributed by atoms with Crippen LogP contribution in [0.5, 0.6) is 0 Å². The molecule has 5 nitrogen and oxygen atoms in total. The predicted molar refractivity (Wildman–Crippen MR) is 93.4 cm³/mol. The highest BCUT2D eigenvalue weighted by atomic mass is 32.1. The van der Waals surface area contributed by atoms with Crippen LogP contribution in [-0.4, -0.2) is 16.9 Å². The summed E-state index contributed by atoms with van der Waals surface area (Å²) in [6.45, 7) is 1.75. The largest absolute Gasteiger partial charge is 0.332 e. The summed E-state index contributed by atoms with van der Waals surface area (Å²) in [7, 11) is 0. The van der Waals surface area contributed by atoms with Crippen LogP contribution in [-0.2, 0) is 4.79 Å². The molecule has 0 radical (unpaired) electrons. The molecule has 22 heavy (non-hydrogen) atoms. The highest BCUT2D eigenvalue weighted by molar-refractivity contribution is 7.80. The normalized spacial score (nSPS) is 9.86. The van der Waals surface area contributed by atoms with Crippen LogP contribution in [0.1, 0.15) is 23.0 Å². The predicted octanol–water partition coefficient (Wildman–Crippen LogP) is 3.22. The average Bonchev–Trinajstić information content (AvgIpc) is 3.03. The van der Waals surface area contributed by atoms with Crippen LogP contribution in [0.2, 0.25) is 0 Å². The minimum atomic E-state index is -0.141. The van der Waals surface area contributed by atoms with Crippen LogP contribution < -0.4 is 16.0 Å². The molecule has 0 fully saturated rings. The molecule has 1 aromatic carbocycles. The molecule has 1 heterocycles. The van der Waals surface area contributed by atoms with Crippen LogP contribution >= 0.6 is 23.6 Å². The van der Waals surface area contributed by atoms with E-state index in [0.717, 1.165) is 5.69 Å². The number of thiocarbonyl (C=S) groups is 1. The molecular formula is C15H15N3O2S2. The van der Waals surface area contributed by atoms with E-state index >= 15 is 0 Å². The standard InChI is InChI=1S/C15H15N3O2S2/c1-2-13(19)18-15(21)17-11-7-5-10(6-8-11)16-14(20)12-4-3-9-22-12/h3-9H,2H2,1H3,(H,16,20)(H2,17,18,19,21). The number of amides is 2. The third kappa shape index (κ3) is 4.64. The first-order valence-corrected chi connectivity index (χ1v) is 7.93. The molecule has 0 bridgehead atoms. The molecule has 0 atom stereocenters. The summed E-state index contributed by atoms with van der Waals surface area (Å²) in [4.78, 5) is 23.8. The van der Waals surface area contributed by atoms with Crippen molar-refractivity contribution in [1.29, 1.82) is 0 Å².